The molecule has 0 unspecified atom stereocenters. The van der Waals surface area contributed by atoms with Gasteiger partial charge in [0.15, 0.2) is 0 Å². The quantitative estimate of drug-likeness (QED) is 0.648. The highest BCUT2D eigenvalue weighted by molar-refractivity contribution is 4.71. The van der Waals surface area contributed by atoms with Gasteiger partial charge >= 0.3 is 0 Å². The van der Waals surface area contributed by atoms with E-state index in [-0.39, 0.29) is 0 Å². The molecule has 1 fully saturated rings. The number of hydrogen-bond acceptors (Lipinski definition) is 3. The summed E-state index contributed by atoms with van der Waals surface area (Å²) in [4.78, 5) is 2.34. The van der Waals surface area contributed by atoms with E-state index in [0.717, 1.165) is 18.9 Å². The van der Waals surface area contributed by atoms with Gasteiger partial charge in [-0.05, 0) is 45.3 Å². The summed E-state index contributed by atoms with van der Waals surface area (Å²) in [7, 11) is 2.15. The zero-order valence-electron chi connectivity index (χ0n) is 8.63. The fourth-order valence-electron chi connectivity index (χ4n) is 1.94. The number of aliphatic hydroxyl groups excluding tert-OH is 1. The molecule has 0 spiro atoms. The first-order chi connectivity index (χ1) is 6.33. The molecule has 0 aliphatic carbocycles. The maximum Gasteiger partial charge on any atom is 0.0443 e. The Kier molecular flexibility index (Phi) is 5.35. The van der Waals surface area contributed by atoms with Crippen molar-refractivity contribution in [2.45, 2.75) is 19.3 Å². The predicted octanol–water partition coefficient (Wildman–Crippen LogP) is 0.300. The van der Waals surface area contributed by atoms with E-state index in [9.17, 15) is 0 Å². The summed E-state index contributed by atoms with van der Waals surface area (Å²) in [6.07, 6.45) is 3.52. The highest BCUT2D eigenvalue weighted by Crippen LogP contribution is 2.12. The van der Waals surface area contributed by atoms with E-state index in [2.05, 4.69) is 17.3 Å². The van der Waals surface area contributed by atoms with E-state index in [1.807, 2.05) is 0 Å². The van der Waals surface area contributed by atoms with Crippen LogP contribution < -0.4 is 5.32 Å². The lowest BCUT2D eigenvalue weighted by Gasteiger charge is -2.27. The highest BCUT2D eigenvalue weighted by atomic mass is 16.3. The molecule has 0 bridgehead atoms. The van der Waals surface area contributed by atoms with Gasteiger partial charge < -0.3 is 15.3 Å². The lowest BCUT2D eigenvalue weighted by Crippen LogP contribution is -2.35. The van der Waals surface area contributed by atoms with Gasteiger partial charge in [-0.15, -0.1) is 0 Å². The van der Waals surface area contributed by atoms with Crippen molar-refractivity contribution in [2.24, 2.45) is 5.92 Å². The third-order valence-electron chi connectivity index (χ3n) is 2.73. The van der Waals surface area contributed by atoms with E-state index >= 15 is 0 Å². The van der Waals surface area contributed by atoms with Crippen molar-refractivity contribution in [1.29, 1.82) is 0 Å². The van der Waals surface area contributed by atoms with Gasteiger partial charge in [-0.1, -0.05) is 0 Å². The molecule has 0 aromatic rings. The van der Waals surface area contributed by atoms with Gasteiger partial charge in [-0.2, -0.15) is 0 Å². The van der Waals surface area contributed by atoms with Gasteiger partial charge in [0, 0.05) is 19.7 Å². The molecular weight excluding hydrogens is 164 g/mol. The molecule has 3 nitrogen and oxygen atoms in total. The minimum absolute atomic E-state index is 0.316. The maximum absolute atomic E-state index is 8.68. The summed E-state index contributed by atoms with van der Waals surface area (Å²) in [5.74, 6) is 0.866. The van der Waals surface area contributed by atoms with E-state index < -0.39 is 0 Å². The second-order valence-electron chi connectivity index (χ2n) is 4.03. The van der Waals surface area contributed by atoms with Crippen LogP contribution in [0.2, 0.25) is 0 Å². The van der Waals surface area contributed by atoms with Crippen LogP contribution in [-0.4, -0.2) is 49.8 Å². The van der Waals surface area contributed by atoms with Gasteiger partial charge in [-0.3, -0.25) is 0 Å². The zero-order chi connectivity index (χ0) is 9.52. The Balaban J connectivity index is 2.07. The Morgan fingerprint density at radius 3 is 2.69 bits per heavy atom. The zero-order valence-corrected chi connectivity index (χ0v) is 8.63. The summed E-state index contributed by atoms with van der Waals surface area (Å²) >= 11 is 0. The number of piperidine rings is 1. The Morgan fingerprint density at radius 1 is 1.38 bits per heavy atom. The van der Waals surface area contributed by atoms with Crippen molar-refractivity contribution >= 4 is 0 Å². The minimum atomic E-state index is 0.316. The molecule has 0 aromatic heterocycles. The molecule has 78 valence electrons. The fourth-order valence-corrected chi connectivity index (χ4v) is 1.94. The van der Waals surface area contributed by atoms with Crippen LogP contribution in [0.1, 0.15) is 19.3 Å². The molecule has 1 saturated heterocycles. The molecule has 1 heterocycles. The molecule has 1 aliphatic heterocycles. The molecule has 1 rings (SSSR count). The van der Waals surface area contributed by atoms with E-state index in [1.165, 1.54) is 32.5 Å². The molecule has 0 aromatic carbocycles. The number of nitrogens with zero attached hydrogens (tertiary/aromatic N) is 1. The lowest BCUT2D eigenvalue weighted by molar-refractivity contribution is 0.212. The predicted molar refractivity (Wildman–Crippen MR) is 54.8 cm³/mol. The summed E-state index contributed by atoms with van der Waals surface area (Å²) in [6, 6.07) is 0. The van der Waals surface area contributed by atoms with Crippen LogP contribution in [0.4, 0.5) is 0 Å². The average molecular weight is 186 g/mol. The SMILES string of the molecule is CN(CCCO)CC1CCNCC1. The van der Waals surface area contributed by atoms with Crippen LogP contribution in [0.15, 0.2) is 0 Å². The maximum atomic E-state index is 8.68. The molecular formula is C10H22N2O. The second-order valence-corrected chi connectivity index (χ2v) is 4.03. The molecule has 13 heavy (non-hydrogen) atoms. The minimum Gasteiger partial charge on any atom is -0.396 e. The van der Waals surface area contributed by atoms with Crippen LogP contribution >= 0.6 is 0 Å². The van der Waals surface area contributed by atoms with Crippen molar-refractivity contribution in [3.63, 3.8) is 0 Å². The molecule has 2 N–H and O–H groups in total. The number of nitrogens with one attached hydrogen (secondary N) is 1. The van der Waals surface area contributed by atoms with Crippen LogP contribution in [0.3, 0.4) is 0 Å². The largest absolute Gasteiger partial charge is 0.396 e. The van der Waals surface area contributed by atoms with Crippen molar-refractivity contribution in [3.8, 4) is 0 Å². The van der Waals surface area contributed by atoms with Crippen LogP contribution in [-0.2, 0) is 0 Å². The summed E-state index contributed by atoms with van der Waals surface area (Å²) in [5, 5.41) is 12.1. The lowest BCUT2D eigenvalue weighted by atomic mass is 9.98. The average Bonchev–Trinajstić information content (AvgIpc) is 2.16. The Hall–Kier alpha value is -0.120. The fraction of sp³-hybridized carbons (Fsp3) is 1.00. The van der Waals surface area contributed by atoms with Crippen LogP contribution in [0, 0.1) is 5.92 Å². The highest BCUT2D eigenvalue weighted by Gasteiger charge is 2.14. The Labute approximate surface area is 81.1 Å². The third-order valence-corrected chi connectivity index (χ3v) is 2.73. The molecule has 0 saturated carbocycles. The van der Waals surface area contributed by atoms with E-state index in [1.54, 1.807) is 0 Å². The molecule has 0 radical (unpaired) electrons. The van der Waals surface area contributed by atoms with Crippen LogP contribution in [0.5, 0.6) is 0 Å². The first kappa shape index (κ1) is 11.0. The van der Waals surface area contributed by atoms with Crippen molar-refractivity contribution in [3.05, 3.63) is 0 Å². The van der Waals surface area contributed by atoms with Gasteiger partial charge in [0.2, 0.25) is 0 Å². The second kappa shape index (κ2) is 6.35. The van der Waals surface area contributed by atoms with Crippen molar-refractivity contribution in [2.75, 3.05) is 39.8 Å². The number of aliphatic hydroxyl groups is 1. The first-order valence-corrected chi connectivity index (χ1v) is 5.33. The smallest absolute Gasteiger partial charge is 0.0443 e. The third kappa shape index (κ3) is 4.60. The van der Waals surface area contributed by atoms with Crippen LogP contribution in [0.25, 0.3) is 0 Å². The number of rotatable bonds is 5. The summed E-state index contributed by atoms with van der Waals surface area (Å²) in [6.45, 7) is 4.90. The standard InChI is InChI=1S/C10H22N2O/c1-12(7-2-8-13)9-10-3-5-11-6-4-10/h10-11,13H,2-9H2,1H3. The summed E-state index contributed by atoms with van der Waals surface area (Å²) in [5.41, 5.74) is 0. The summed E-state index contributed by atoms with van der Waals surface area (Å²) < 4.78 is 0. The van der Waals surface area contributed by atoms with Gasteiger partial charge in [0.1, 0.15) is 0 Å². The van der Waals surface area contributed by atoms with Gasteiger partial charge in [0.05, 0.1) is 0 Å². The first-order valence-electron chi connectivity index (χ1n) is 5.33. The van der Waals surface area contributed by atoms with E-state index in [4.69, 9.17) is 5.11 Å². The van der Waals surface area contributed by atoms with E-state index in [0.29, 0.717) is 6.61 Å². The van der Waals surface area contributed by atoms with Gasteiger partial charge in [0.25, 0.3) is 0 Å². The van der Waals surface area contributed by atoms with Crippen molar-refractivity contribution in [1.82, 2.24) is 10.2 Å². The molecule has 1 aliphatic rings. The molecule has 3 heteroatoms. The Bertz CT molecular complexity index is 124. The topological polar surface area (TPSA) is 35.5 Å². The molecule has 0 amide bonds. The van der Waals surface area contributed by atoms with Gasteiger partial charge in [-0.25, -0.2) is 0 Å². The molecule has 0 atom stereocenters. The Morgan fingerprint density at radius 2 is 2.08 bits per heavy atom. The monoisotopic (exact) mass is 186 g/mol. The van der Waals surface area contributed by atoms with Crippen molar-refractivity contribution < 1.29 is 5.11 Å². The number of hydrogen-bond donors (Lipinski definition) is 2. The normalized spacial score (nSPS) is 19.6.